The minimum absolute atomic E-state index is 0. The van der Waals surface area contributed by atoms with Crippen LogP contribution in [0, 0.1) is 5.92 Å². The number of ether oxygens (including phenoxy) is 1. The van der Waals surface area contributed by atoms with Gasteiger partial charge in [-0.05, 0) is 12.3 Å². The third-order valence-corrected chi connectivity index (χ3v) is 5.35. The van der Waals surface area contributed by atoms with Crippen LogP contribution in [0.2, 0.25) is 0 Å². The summed E-state index contributed by atoms with van der Waals surface area (Å²) in [4.78, 5) is 12.6. The quantitative estimate of drug-likeness (QED) is 0.330. The lowest BCUT2D eigenvalue weighted by atomic mass is 10.2. The zero-order chi connectivity index (χ0) is 18.1. The van der Waals surface area contributed by atoms with Gasteiger partial charge in [-0.25, -0.2) is 4.98 Å². The van der Waals surface area contributed by atoms with Crippen LogP contribution in [0.25, 0.3) is 0 Å². The Labute approximate surface area is 179 Å². The predicted molar refractivity (Wildman–Crippen MR) is 121 cm³/mol. The minimum atomic E-state index is 0. The third kappa shape index (κ3) is 8.49. The van der Waals surface area contributed by atoms with Crippen molar-refractivity contribution < 1.29 is 4.74 Å². The van der Waals surface area contributed by atoms with E-state index < -0.39 is 0 Å². The zero-order valence-electron chi connectivity index (χ0n) is 16.5. The van der Waals surface area contributed by atoms with Crippen LogP contribution in [-0.4, -0.2) is 68.3 Å². The first kappa shape index (κ1) is 23.6. The number of morpholine rings is 1. The van der Waals surface area contributed by atoms with Crippen molar-refractivity contribution >= 4 is 41.3 Å². The highest BCUT2D eigenvalue weighted by atomic mass is 127. The van der Waals surface area contributed by atoms with Gasteiger partial charge in [0.25, 0.3) is 0 Å². The van der Waals surface area contributed by atoms with E-state index in [1.165, 1.54) is 9.88 Å². The van der Waals surface area contributed by atoms with Gasteiger partial charge in [-0.2, -0.15) is 0 Å². The van der Waals surface area contributed by atoms with Crippen LogP contribution in [-0.2, 0) is 17.6 Å². The summed E-state index contributed by atoms with van der Waals surface area (Å²) in [5, 5.41) is 7.93. The predicted octanol–water partition coefficient (Wildman–Crippen LogP) is 2.39. The molecule has 0 spiro atoms. The molecule has 1 unspecified atom stereocenters. The fraction of sp³-hybridized carbons (Fsp3) is 0.778. The van der Waals surface area contributed by atoms with Crippen LogP contribution in [0.4, 0.5) is 0 Å². The Morgan fingerprint density at radius 2 is 2.27 bits per heavy atom. The van der Waals surface area contributed by atoms with Gasteiger partial charge in [-0.15, -0.1) is 35.3 Å². The number of nitrogens with one attached hydrogen (secondary N) is 2. The number of aryl methyl sites for hydroxylation is 1. The number of halogens is 1. The molecule has 0 bridgehead atoms. The van der Waals surface area contributed by atoms with E-state index in [1.807, 2.05) is 6.20 Å². The standard InChI is InChI=1S/C18H33N5OS.HI/c1-5-16-11-21-17(25-16)6-7-20-18(19-4)22-10-15-13-23(8-9-24-15)12-14(2)3;/h11,14-15H,5-10,12-13H2,1-4H3,(H2,19,20,22);1H. The molecule has 2 rings (SSSR count). The van der Waals surface area contributed by atoms with Gasteiger partial charge < -0.3 is 15.4 Å². The van der Waals surface area contributed by atoms with Gasteiger partial charge in [-0.3, -0.25) is 9.89 Å². The van der Waals surface area contributed by atoms with E-state index >= 15 is 0 Å². The number of nitrogens with zero attached hydrogens (tertiary/aromatic N) is 3. The lowest BCUT2D eigenvalue weighted by Gasteiger charge is -2.34. The summed E-state index contributed by atoms with van der Waals surface area (Å²) in [5.41, 5.74) is 0. The van der Waals surface area contributed by atoms with Gasteiger partial charge in [0, 0.05) is 57.3 Å². The molecule has 0 aromatic carbocycles. The van der Waals surface area contributed by atoms with Crippen LogP contribution in [0.3, 0.4) is 0 Å². The highest BCUT2D eigenvalue weighted by Gasteiger charge is 2.21. The second-order valence-corrected chi connectivity index (χ2v) is 8.05. The van der Waals surface area contributed by atoms with Crippen LogP contribution < -0.4 is 10.6 Å². The summed E-state index contributed by atoms with van der Waals surface area (Å²) in [6, 6.07) is 0. The second kappa shape index (κ2) is 12.9. The van der Waals surface area contributed by atoms with Crippen molar-refractivity contribution in [3.05, 3.63) is 16.1 Å². The first-order valence-electron chi connectivity index (χ1n) is 9.32. The Hall–Kier alpha value is -0.450. The number of guanidine groups is 1. The van der Waals surface area contributed by atoms with Crippen LogP contribution >= 0.6 is 35.3 Å². The average Bonchev–Trinajstić information content (AvgIpc) is 3.05. The molecule has 1 atom stereocenters. The number of aliphatic imine (C=N–C) groups is 1. The van der Waals surface area contributed by atoms with Crippen LogP contribution in [0.5, 0.6) is 0 Å². The first-order chi connectivity index (χ1) is 12.1. The maximum atomic E-state index is 5.88. The number of rotatable bonds is 8. The molecule has 0 amide bonds. The van der Waals surface area contributed by atoms with Crippen LogP contribution in [0.1, 0.15) is 30.7 Å². The molecule has 1 fully saturated rings. The van der Waals surface area contributed by atoms with Crippen molar-refractivity contribution in [1.29, 1.82) is 0 Å². The molecule has 2 heterocycles. The summed E-state index contributed by atoms with van der Waals surface area (Å²) >= 11 is 1.80. The fourth-order valence-corrected chi connectivity index (χ4v) is 3.79. The van der Waals surface area contributed by atoms with Crippen molar-refractivity contribution in [2.75, 3.05) is 46.4 Å². The molecule has 1 aromatic rings. The SMILES string of the molecule is CCc1cnc(CCNC(=NC)NCC2CN(CC(C)C)CCO2)s1.I. The average molecular weight is 495 g/mol. The van der Waals surface area contributed by atoms with Gasteiger partial charge >= 0.3 is 0 Å². The fourth-order valence-electron chi connectivity index (χ4n) is 2.93. The second-order valence-electron chi connectivity index (χ2n) is 6.85. The number of aromatic nitrogens is 1. The van der Waals surface area contributed by atoms with Gasteiger partial charge in [0.05, 0.1) is 17.7 Å². The Morgan fingerprint density at radius 3 is 2.92 bits per heavy atom. The molecule has 1 aliphatic rings. The molecule has 1 saturated heterocycles. The van der Waals surface area contributed by atoms with E-state index in [0.717, 1.165) is 58.1 Å². The molecule has 0 saturated carbocycles. The largest absolute Gasteiger partial charge is 0.374 e. The van der Waals surface area contributed by atoms with Gasteiger partial charge in [0.1, 0.15) is 0 Å². The van der Waals surface area contributed by atoms with E-state index in [0.29, 0.717) is 5.92 Å². The number of hydrogen-bond donors (Lipinski definition) is 2. The lowest BCUT2D eigenvalue weighted by molar-refractivity contribution is -0.0284. The molecule has 0 radical (unpaired) electrons. The third-order valence-electron chi connectivity index (χ3n) is 4.15. The maximum Gasteiger partial charge on any atom is 0.191 e. The molecule has 26 heavy (non-hydrogen) atoms. The molecular formula is C18H34IN5OS. The van der Waals surface area contributed by atoms with E-state index in [-0.39, 0.29) is 30.1 Å². The molecule has 1 aromatic heterocycles. The van der Waals surface area contributed by atoms with Gasteiger partial charge in [0.2, 0.25) is 0 Å². The minimum Gasteiger partial charge on any atom is -0.374 e. The van der Waals surface area contributed by atoms with Gasteiger partial charge in [-0.1, -0.05) is 20.8 Å². The Bertz CT molecular complexity index is 537. The topological polar surface area (TPSA) is 61.8 Å². The van der Waals surface area contributed by atoms with Crippen molar-refractivity contribution in [2.24, 2.45) is 10.9 Å². The van der Waals surface area contributed by atoms with Gasteiger partial charge in [0.15, 0.2) is 5.96 Å². The number of hydrogen-bond acceptors (Lipinski definition) is 5. The monoisotopic (exact) mass is 495 g/mol. The van der Waals surface area contributed by atoms with E-state index in [9.17, 15) is 0 Å². The van der Waals surface area contributed by atoms with Crippen LogP contribution in [0.15, 0.2) is 11.2 Å². The van der Waals surface area contributed by atoms with Crippen molar-refractivity contribution in [3.8, 4) is 0 Å². The molecule has 8 heteroatoms. The summed E-state index contributed by atoms with van der Waals surface area (Å²) < 4.78 is 5.88. The highest BCUT2D eigenvalue weighted by molar-refractivity contribution is 14.0. The molecular weight excluding hydrogens is 461 g/mol. The van der Waals surface area contributed by atoms with Crippen molar-refractivity contribution in [3.63, 3.8) is 0 Å². The van der Waals surface area contributed by atoms with E-state index in [2.05, 4.69) is 46.3 Å². The zero-order valence-corrected chi connectivity index (χ0v) is 19.6. The Morgan fingerprint density at radius 1 is 1.46 bits per heavy atom. The van der Waals surface area contributed by atoms with E-state index in [1.54, 1.807) is 18.4 Å². The maximum absolute atomic E-state index is 5.88. The summed E-state index contributed by atoms with van der Waals surface area (Å²) in [6.07, 6.45) is 4.19. The summed E-state index contributed by atoms with van der Waals surface area (Å²) in [5.74, 6) is 1.53. The highest BCUT2D eigenvalue weighted by Crippen LogP contribution is 2.13. The summed E-state index contributed by atoms with van der Waals surface area (Å²) in [6.45, 7) is 12.3. The van der Waals surface area contributed by atoms with E-state index in [4.69, 9.17) is 4.74 Å². The molecule has 0 aliphatic carbocycles. The normalized spacial score (nSPS) is 18.7. The first-order valence-corrected chi connectivity index (χ1v) is 10.1. The summed E-state index contributed by atoms with van der Waals surface area (Å²) in [7, 11) is 1.81. The molecule has 150 valence electrons. The van der Waals surface area contributed by atoms with Crippen molar-refractivity contribution in [2.45, 2.75) is 39.7 Å². The Balaban J connectivity index is 0.00000338. The Kier molecular flexibility index (Phi) is 11.7. The molecule has 2 N–H and O–H groups in total. The van der Waals surface area contributed by atoms with Crippen molar-refractivity contribution in [1.82, 2.24) is 20.5 Å². The smallest absolute Gasteiger partial charge is 0.191 e. The lowest BCUT2D eigenvalue weighted by Crippen LogP contribution is -2.50. The number of thiazole rings is 1. The molecule has 6 nitrogen and oxygen atoms in total. The molecule has 1 aliphatic heterocycles.